The molecular weight excluding hydrogens is 392 g/mol. The summed E-state index contributed by atoms with van der Waals surface area (Å²) in [7, 11) is 1.11. The van der Waals surface area contributed by atoms with Gasteiger partial charge in [-0.1, -0.05) is 25.5 Å². The first-order valence-corrected chi connectivity index (χ1v) is 9.27. The van der Waals surface area contributed by atoms with Crippen LogP contribution in [0.15, 0.2) is 42.5 Å². The SMILES string of the molecule is CCCCc1ccc(NC(=O)COC(=O)c2cc(C(=O)OC)cc([N+](=O)[O-])c2)cc1. The molecule has 0 aliphatic rings. The summed E-state index contributed by atoms with van der Waals surface area (Å²) in [4.78, 5) is 46.2. The van der Waals surface area contributed by atoms with Gasteiger partial charge in [-0.3, -0.25) is 14.9 Å². The van der Waals surface area contributed by atoms with Crippen molar-refractivity contribution in [1.82, 2.24) is 0 Å². The maximum absolute atomic E-state index is 12.2. The number of anilines is 1. The van der Waals surface area contributed by atoms with Gasteiger partial charge >= 0.3 is 11.9 Å². The van der Waals surface area contributed by atoms with Crippen molar-refractivity contribution in [3.8, 4) is 0 Å². The molecule has 0 aromatic heterocycles. The molecule has 158 valence electrons. The van der Waals surface area contributed by atoms with Crippen molar-refractivity contribution < 1.29 is 28.8 Å². The van der Waals surface area contributed by atoms with E-state index in [0.29, 0.717) is 5.69 Å². The molecule has 0 fully saturated rings. The van der Waals surface area contributed by atoms with Crippen molar-refractivity contribution in [1.29, 1.82) is 0 Å². The number of nitro benzene ring substituents is 1. The topological polar surface area (TPSA) is 125 Å². The summed E-state index contributed by atoms with van der Waals surface area (Å²) in [5.74, 6) is -2.38. The minimum absolute atomic E-state index is 0.175. The van der Waals surface area contributed by atoms with Crippen LogP contribution in [0.3, 0.4) is 0 Å². The number of rotatable bonds is 9. The van der Waals surface area contributed by atoms with Gasteiger partial charge in [0.05, 0.1) is 23.2 Å². The van der Waals surface area contributed by atoms with Gasteiger partial charge in [0.15, 0.2) is 6.61 Å². The summed E-state index contributed by atoms with van der Waals surface area (Å²) in [5, 5.41) is 13.6. The largest absolute Gasteiger partial charge is 0.465 e. The summed E-state index contributed by atoms with van der Waals surface area (Å²) in [6, 6.07) is 10.4. The van der Waals surface area contributed by atoms with Crippen LogP contribution in [0.4, 0.5) is 11.4 Å². The van der Waals surface area contributed by atoms with E-state index in [1.165, 1.54) is 0 Å². The molecule has 0 radical (unpaired) electrons. The number of hydrogen-bond acceptors (Lipinski definition) is 7. The number of amides is 1. The van der Waals surface area contributed by atoms with Crippen molar-refractivity contribution in [2.24, 2.45) is 0 Å². The standard InChI is InChI=1S/C21H22N2O7/c1-3-4-5-14-6-8-17(9-7-14)22-19(24)13-30-21(26)16-10-15(20(25)29-2)11-18(12-16)23(27)28/h6-12H,3-5,13H2,1-2H3,(H,22,24). The zero-order valence-corrected chi connectivity index (χ0v) is 16.7. The lowest BCUT2D eigenvalue weighted by molar-refractivity contribution is -0.384. The lowest BCUT2D eigenvalue weighted by atomic mass is 10.1. The highest BCUT2D eigenvalue weighted by atomic mass is 16.6. The van der Waals surface area contributed by atoms with E-state index in [2.05, 4.69) is 17.0 Å². The number of hydrogen-bond donors (Lipinski definition) is 1. The Kier molecular flexibility index (Phi) is 8.04. The number of ether oxygens (including phenoxy) is 2. The number of benzene rings is 2. The average Bonchev–Trinajstić information content (AvgIpc) is 2.76. The van der Waals surface area contributed by atoms with Crippen LogP contribution < -0.4 is 5.32 Å². The van der Waals surface area contributed by atoms with Gasteiger partial charge in [-0.25, -0.2) is 9.59 Å². The molecule has 0 aliphatic carbocycles. The normalized spacial score (nSPS) is 10.2. The predicted molar refractivity (Wildman–Crippen MR) is 108 cm³/mol. The van der Waals surface area contributed by atoms with Crippen molar-refractivity contribution in [2.75, 3.05) is 19.0 Å². The van der Waals surface area contributed by atoms with E-state index in [-0.39, 0.29) is 11.1 Å². The lowest BCUT2D eigenvalue weighted by Crippen LogP contribution is -2.21. The maximum Gasteiger partial charge on any atom is 0.338 e. The lowest BCUT2D eigenvalue weighted by Gasteiger charge is -2.08. The second kappa shape index (κ2) is 10.7. The molecule has 0 aliphatic heterocycles. The Morgan fingerprint density at radius 3 is 2.23 bits per heavy atom. The third-order valence-electron chi connectivity index (χ3n) is 4.18. The van der Waals surface area contributed by atoms with E-state index in [1.54, 1.807) is 12.1 Å². The van der Waals surface area contributed by atoms with Crippen LogP contribution in [-0.4, -0.2) is 36.5 Å². The van der Waals surface area contributed by atoms with Crippen molar-refractivity contribution in [3.05, 3.63) is 69.3 Å². The van der Waals surface area contributed by atoms with E-state index in [9.17, 15) is 24.5 Å². The summed E-state index contributed by atoms with van der Waals surface area (Å²) < 4.78 is 9.44. The number of aryl methyl sites for hydroxylation is 1. The molecule has 2 rings (SSSR count). The van der Waals surface area contributed by atoms with Gasteiger partial charge in [-0.2, -0.15) is 0 Å². The van der Waals surface area contributed by atoms with Crippen LogP contribution in [-0.2, 0) is 20.7 Å². The number of nitro groups is 1. The van der Waals surface area contributed by atoms with Crippen LogP contribution in [0.1, 0.15) is 46.0 Å². The summed E-state index contributed by atoms with van der Waals surface area (Å²) in [6.45, 7) is 1.52. The first-order chi connectivity index (χ1) is 14.3. The number of nitrogens with zero attached hydrogens (tertiary/aromatic N) is 1. The molecular formula is C21H22N2O7. The molecule has 0 saturated carbocycles. The van der Waals surface area contributed by atoms with Gasteiger partial charge in [0.2, 0.25) is 0 Å². The Bertz CT molecular complexity index is 939. The fourth-order valence-electron chi connectivity index (χ4n) is 2.62. The third kappa shape index (κ3) is 6.40. The molecule has 9 heteroatoms. The van der Waals surface area contributed by atoms with Gasteiger partial charge in [0.25, 0.3) is 11.6 Å². The minimum atomic E-state index is -0.978. The van der Waals surface area contributed by atoms with Crippen molar-refractivity contribution >= 4 is 29.2 Å². The molecule has 30 heavy (non-hydrogen) atoms. The minimum Gasteiger partial charge on any atom is -0.465 e. The number of esters is 2. The van der Waals surface area contributed by atoms with Gasteiger partial charge < -0.3 is 14.8 Å². The van der Waals surface area contributed by atoms with Gasteiger partial charge in [-0.05, 0) is 36.6 Å². The monoisotopic (exact) mass is 414 g/mol. The van der Waals surface area contributed by atoms with E-state index in [0.717, 1.165) is 50.1 Å². The fraction of sp³-hybridized carbons (Fsp3) is 0.286. The van der Waals surface area contributed by atoms with Crippen LogP contribution >= 0.6 is 0 Å². The van der Waals surface area contributed by atoms with E-state index >= 15 is 0 Å². The molecule has 2 aromatic rings. The molecule has 0 heterocycles. The molecule has 0 spiro atoms. The smallest absolute Gasteiger partial charge is 0.338 e. The quantitative estimate of drug-likeness (QED) is 0.378. The van der Waals surface area contributed by atoms with E-state index < -0.39 is 35.1 Å². The second-order valence-corrected chi connectivity index (χ2v) is 6.44. The first kappa shape index (κ1) is 22.5. The molecule has 0 saturated heterocycles. The second-order valence-electron chi connectivity index (χ2n) is 6.44. The Morgan fingerprint density at radius 1 is 1.03 bits per heavy atom. The van der Waals surface area contributed by atoms with Crippen molar-refractivity contribution in [3.63, 3.8) is 0 Å². The van der Waals surface area contributed by atoms with Crippen LogP contribution in [0.2, 0.25) is 0 Å². The van der Waals surface area contributed by atoms with Crippen LogP contribution in [0, 0.1) is 10.1 Å². The third-order valence-corrected chi connectivity index (χ3v) is 4.18. The van der Waals surface area contributed by atoms with Crippen molar-refractivity contribution in [2.45, 2.75) is 26.2 Å². The average molecular weight is 414 g/mol. The van der Waals surface area contributed by atoms with Gasteiger partial charge in [-0.15, -0.1) is 0 Å². The summed E-state index contributed by atoms with van der Waals surface area (Å²) >= 11 is 0. The number of nitrogens with one attached hydrogen (secondary N) is 1. The molecule has 1 N–H and O–H groups in total. The molecule has 2 aromatic carbocycles. The maximum atomic E-state index is 12.2. The number of non-ortho nitro benzene ring substituents is 1. The molecule has 0 unspecified atom stereocenters. The highest BCUT2D eigenvalue weighted by Crippen LogP contribution is 2.19. The van der Waals surface area contributed by atoms with Gasteiger partial charge in [0.1, 0.15) is 0 Å². The van der Waals surface area contributed by atoms with Crippen LogP contribution in [0.5, 0.6) is 0 Å². The number of carbonyl (C=O) groups excluding carboxylic acids is 3. The van der Waals surface area contributed by atoms with Gasteiger partial charge in [0, 0.05) is 17.8 Å². The summed E-state index contributed by atoms with van der Waals surface area (Å²) in [6.07, 6.45) is 3.13. The fourth-order valence-corrected chi connectivity index (χ4v) is 2.62. The highest BCUT2D eigenvalue weighted by molar-refractivity contribution is 5.98. The Morgan fingerprint density at radius 2 is 1.67 bits per heavy atom. The van der Waals surface area contributed by atoms with Crippen LogP contribution in [0.25, 0.3) is 0 Å². The Balaban J connectivity index is 1.99. The first-order valence-electron chi connectivity index (χ1n) is 9.27. The zero-order valence-electron chi connectivity index (χ0n) is 16.7. The molecule has 0 atom stereocenters. The molecule has 0 bridgehead atoms. The molecule has 1 amide bonds. The Labute approximate surface area is 173 Å². The van der Waals surface area contributed by atoms with E-state index in [1.807, 2.05) is 12.1 Å². The van der Waals surface area contributed by atoms with E-state index in [4.69, 9.17) is 4.74 Å². The Hall–Kier alpha value is -3.75. The molecule has 9 nitrogen and oxygen atoms in total. The zero-order chi connectivity index (χ0) is 22.1. The summed E-state index contributed by atoms with van der Waals surface area (Å²) in [5.41, 5.74) is 0.828. The highest BCUT2D eigenvalue weighted by Gasteiger charge is 2.20. The predicted octanol–water partition coefficient (Wildman–Crippen LogP) is 3.52. The number of unbranched alkanes of at least 4 members (excludes halogenated alkanes) is 1. The number of methoxy groups -OCH3 is 1. The number of carbonyl (C=O) groups is 3.